The third kappa shape index (κ3) is 4.67. The molecule has 1 heterocycles. The highest BCUT2D eigenvalue weighted by Crippen LogP contribution is 2.29. The van der Waals surface area contributed by atoms with Gasteiger partial charge in [-0.3, -0.25) is 4.79 Å². The molecule has 3 rings (SSSR count). The summed E-state index contributed by atoms with van der Waals surface area (Å²) in [5, 5.41) is 6.49. The average Bonchev–Trinajstić information content (AvgIpc) is 3.16. The Labute approximate surface area is 158 Å². The van der Waals surface area contributed by atoms with E-state index in [0.29, 0.717) is 17.5 Å². The van der Waals surface area contributed by atoms with Crippen LogP contribution in [0.1, 0.15) is 21.8 Å². The average molecular weight is 391 g/mol. The summed E-state index contributed by atoms with van der Waals surface area (Å²) in [5.74, 6) is 0.965. The predicted octanol–water partition coefficient (Wildman–Crippen LogP) is 3.74. The molecule has 2 aromatic carbocycles. The van der Waals surface area contributed by atoms with Crippen LogP contribution in [0.5, 0.6) is 5.75 Å². The van der Waals surface area contributed by atoms with Crippen LogP contribution in [0.25, 0.3) is 11.4 Å². The number of nitrogens with zero attached hydrogens (tertiary/aromatic N) is 2. The summed E-state index contributed by atoms with van der Waals surface area (Å²) in [4.78, 5) is 16.3. The van der Waals surface area contributed by atoms with Gasteiger partial charge in [0.05, 0.1) is 12.7 Å². The minimum absolute atomic E-state index is 0.137. The smallest absolute Gasteiger partial charge is 0.416 e. The van der Waals surface area contributed by atoms with E-state index < -0.39 is 17.6 Å². The summed E-state index contributed by atoms with van der Waals surface area (Å²) in [6.45, 7) is 0.199. The van der Waals surface area contributed by atoms with Gasteiger partial charge in [-0.05, 0) is 48.5 Å². The minimum atomic E-state index is -4.44. The highest BCUT2D eigenvalue weighted by Gasteiger charge is 2.30. The van der Waals surface area contributed by atoms with E-state index in [1.54, 1.807) is 31.4 Å². The lowest BCUT2D eigenvalue weighted by atomic mass is 10.1. The Kier molecular flexibility index (Phi) is 5.62. The van der Waals surface area contributed by atoms with Crippen molar-refractivity contribution in [1.29, 1.82) is 0 Å². The monoisotopic (exact) mass is 391 g/mol. The molecule has 0 aliphatic rings. The molecule has 0 unspecified atom stereocenters. The summed E-state index contributed by atoms with van der Waals surface area (Å²) in [6.07, 6.45) is -4.15. The molecule has 0 aliphatic carbocycles. The second-order valence-electron chi connectivity index (χ2n) is 5.82. The molecule has 0 atom stereocenters. The number of ether oxygens (including phenoxy) is 1. The van der Waals surface area contributed by atoms with E-state index in [-0.39, 0.29) is 18.5 Å². The first kappa shape index (κ1) is 19.4. The molecular weight excluding hydrogens is 375 g/mol. The molecule has 0 radical (unpaired) electrons. The number of halogens is 3. The van der Waals surface area contributed by atoms with E-state index in [1.165, 1.54) is 0 Å². The first-order chi connectivity index (χ1) is 13.4. The minimum Gasteiger partial charge on any atom is -0.497 e. The van der Waals surface area contributed by atoms with Crippen molar-refractivity contribution >= 4 is 5.91 Å². The molecule has 1 aromatic heterocycles. The Bertz CT molecular complexity index is 936. The van der Waals surface area contributed by atoms with Gasteiger partial charge in [-0.25, -0.2) is 0 Å². The van der Waals surface area contributed by atoms with Crippen molar-refractivity contribution in [2.75, 3.05) is 13.7 Å². The van der Waals surface area contributed by atoms with Crippen molar-refractivity contribution in [1.82, 2.24) is 15.5 Å². The normalized spacial score (nSPS) is 11.3. The van der Waals surface area contributed by atoms with E-state index in [4.69, 9.17) is 9.26 Å². The van der Waals surface area contributed by atoms with Gasteiger partial charge < -0.3 is 14.6 Å². The summed E-state index contributed by atoms with van der Waals surface area (Å²) < 4.78 is 47.9. The summed E-state index contributed by atoms with van der Waals surface area (Å²) in [5.41, 5.74) is 0.0861. The second-order valence-corrected chi connectivity index (χ2v) is 5.82. The number of benzene rings is 2. The lowest BCUT2D eigenvalue weighted by Crippen LogP contribution is -2.25. The topological polar surface area (TPSA) is 77.3 Å². The number of hydrogen-bond acceptors (Lipinski definition) is 5. The van der Waals surface area contributed by atoms with Gasteiger partial charge in [0.1, 0.15) is 5.75 Å². The van der Waals surface area contributed by atoms with Crippen LogP contribution >= 0.6 is 0 Å². The van der Waals surface area contributed by atoms with Crippen molar-refractivity contribution in [2.45, 2.75) is 12.6 Å². The van der Waals surface area contributed by atoms with Crippen molar-refractivity contribution in [2.24, 2.45) is 0 Å². The summed E-state index contributed by atoms with van der Waals surface area (Å²) in [6, 6.07) is 11.1. The van der Waals surface area contributed by atoms with E-state index in [0.717, 1.165) is 29.8 Å². The summed E-state index contributed by atoms with van der Waals surface area (Å²) >= 11 is 0. The van der Waals surface area contributed by atoms with Crippen molar-refractivity contribution in [3.63, 3.8) is 0 Å². The van der Waals surface area contributed by atoms with Gasteiger partial charge in [0.2, 0.25) is 11.7 Å². The molecule has 0 aliphatic heterocycles. The van der Waals surface area contributed by atoms with Crippen molar-refractivity contribution < 1.29 is 27.2 Å². The Morgan fingerprint density at radius 3 is 2.39 bits per heavy atom. The Morgan fingerprint density at radius 1 is 1.11 bits per heavy atom. The van der Waals surface area contributed by atoms with Crippen LogP contribution in [0.2, 0.25) is 0 Å². The molecule has 0 fully saturated rings. The lowest BCUT2D eigenvalue weighted by molar-refractivity contribution is -0.137. The molecule has 1 N–H and O–H groups in total. The van der Waals surface area contributed by atoms with Gasteiger partial charge >= 0.3 is 6.18 Å². The highest BCUT2D eigenvalue weighted by molar-refractivity contribution is 5.94. The fourth-order valence-electron chi connectivity index (χ4n) is 2.41. The van der Waals surface area contributed by atoms with Gasteiger partial charge in [0.25, 0.3) is 5.91 Å². The first-order valence-corrected chi connectivity index (χ1v) is 8.29. The van der Waals surface area contributed by atoms with E-state index >= 15 is 0 Å². The van der Waals surface area contributed by atoms with E-state index in [2.05, 4.69) is 15.5 Å². The van der Waals surface area contributed by atoms with Crippen LogP contribution in [0.4, 0.5) is 13.2 Å². The van der Waals surface area contributed by atoms with Crippen molar-refractivity contribution in [3.05, 3.63) is 65.5 Å². The van der Waals surface area contributed by atoms with Crippen LogP contribution in [-0.2, 0) is 12.6 Å². The second kappa shape index (κ2) is 8.12. The molecule has 9 heteroatoms. The highest BCUT2D eigenvalue weighted by atomic mass is 19.4. The third-order valence-corrected chi connectivity index (χ3v) is 3.92. The molecule has 0 saturated carbocycles. The maximum Gasteiger partial charge on any atom is 0.416 e. The molecule has 3 aromatic rings. The number of nitrogens with one attached hydrogen (secondary N) is 1. The third-order valence-electron chi connectivity index (χ3n) is 3.92. The first-order valence-electron chi connectivity index (χ1n) is 8.29. The van der Waals surface area contributed by atoms with Crippen LogP contribution in [0.15, 0.2) is 53.1 Å². The van der Waals surface area contributed by atoms with Gasteiger partial charge in [-0.15, -0.1) is 0 Å². The Morgan fingerprint density at radius 2 is 1.79 bits per heavy atom. The molecule has 0 saturated heterocycles. The van der Waals surface area contributed by atoms with E-state index in [1.807, 2.05) is 0 Å². The van der Waals surface area contributed by atoms with Gasteiger partial charge in [0.15, 0.2) is 0 Å². The number of rotatable bonds is 6. The predicted molar refractivity (Wildman–Crippen MR) is 93.8 cm³/mol. The van der Waals surface area contributed by atoms with Crippen LogP contribution in [-0.4, -0.2) is 29.7 Å². The fourth-order valence-corrected chi connectivity index (χ4v) is 2.41. The number of carbonyl (C=O) groups is 1. The van der Waals surface area contributed by atoms with E-state index in [9.17, 15) is 18.0 Å². The standard InChI is InChI=1S/C19H16F3N3O3/c1-27-15-8-4-12(5-9-15)17-24-16(28-25-17)10-11-23-18(26)13-2-6-14(7-3-13)19(20,21)22/h2-9H,10-11H2,1H3,(H,23,26). The molecule has 28 heavy (non-hydrogen) atoms. The Hall–Kier alpha value is -3.36. The zero-order valence-corrected chi connectivity index (χ0v) is 14.8. The van der Waals surface area contributed by atoms with Crippen LogP contribution in [0.3, 0.4) is 0 Å². The number of methoxy groups -OCH3 is 1. The summed E-state index contributed by atoms with van der Waals surface area (Å²) in [7, 11) is 1.57. The maximum atomic E-state index is 12.5. The lowest BCUT2D eigenvalue weighted by Gasteiger charge is -2.07. The van der Waals surface area contributed by atoms with Crippen LogP contribution < -0.4 is 10.1 Å². The number of aromatic nitrogens is 2. The SMILES string of the molecule is COc1ccc(-c2noc(CCNC(=O)c3ccc(C(F)(F)F)cc3)n2)cc1. The number of hydrogen-bond donors (Lipinski definition) is 1. The Balaban J connectivity index is 1.53. The fraction of sp³-hybridized carbons (Fsp3) is 0.211. The molecule has 146 valence electrons. The zero-order chi connectivity index (χ0) is 20.1. The quantitative estimate of drug-likeness (QED) is 0.693. The molecule has 1 amide bonds. The number of amides is 1. The van der Waals surface area contributed by atoms with Gasteiger partial charge in [-0.2, -0.15) is 18.2 Å². The molecule has 0 bridgehead atoms. The van der Waals surface area contributed by atoms with Gasteiger partial charge in [-0.1, -0.05) is 5.16 Å². The molecule has 0 spiro atoms. The van der Waals surface area contributed by atoms with Crippen molar-refractivity contribution in [3.8, 4) is 17.1 Å². The van der Waals surface area contributed by atoms with Crippen LogP contribution in [0, 0.1) is 0 Å². The molecular formula is C19H16F3N3O3. The largest absolute Gasteiger partial charge is 0.497 e. The van der Waals surface area contributed by atoms with Gasteiger partial charge in [0, 0.05) is 24.1 Å². The molecule has 6 nitrogen and oxygen atoms in total. The number of alkyl halides is 3. The maximum absolute atomic E-state index is 12.5. The zero-order valence-electron chi connectivity index (χ0n) is 14.8. The number of carbonyl (C=O) groups excluding carboxylic acids is 1.